The number of benzene rings is 2. The minimum Gasteiger partial charge on any atom is -0.444 e. The molecule has 4 aromatic rings. The number of oxazole rings is 1. The van der Waals surface area contributed by atoms with Crippen LogP contribution in [-0.4, -0.2) is 68.7 Å². The summed E-state index contributed by atoms with van der Waals surface area (Å²) in [6.45, 7) is -0.167. The normalized spacial score (nSPS) is 15.1. The van der Waals surface area contributed by atoms with Gasteiger partial charge in [-0.15, -0.1) is 0 Å². The molecule has 1 aliphatic heterocycles. The highest BCUT2D eigenvalue weighted by Gasteiger charge is 2.36. The van der Waals surface area contributed by atoms with E-state index >= 15 is 0 Å². The molecular weight excluding hydrogens is 564 g/mol. The van der Waals surface area contributed by atoms with Crippen LogP contribution in [0.3, 0.4) is 0 Å². The number of carbonyl (C=O) groups excluding carboxylic acids is 4. The number of anilines is 1. The standard InChI is InChI=1S/C29H27F2N7O5/c30-18-8-9-21(20(31)11-18)36-26(40)22(12-19-13-32-16-34-19)35-25(39)14-33-27(41)24-7-4-10-38(24)29(42)23-15-43-28(37-23)17-5-2-1-3-6-17/h1-3,5-6,8-9,11,13,15-16,22,24H,4,7,10,12,14H2,(H,32,34)(H,33,41)(H,35,39)(H,36,40)/t22-,24-/m0/s1. The lowest BCUT2D eigenvalue weighted by Crippen LogP contribution is -2.51. The molecule has 4 amide bonds. The van der Waals surface area contributed by atoms with E-state index in [0.29, 0.717) is 36.7 Å². The highest BCUT2D eigenvalue weighted by Crippen LogP contribution is 2.23. The molecule has 4 N–H and O–H groups in total. The molecule has 0 aliphatic carbocycles. The minimum atomic E-state index is -1.19. The number of halogens is 2. The third-order valence-electron chi connectivity index (χ3n) is 6.80. The average molecular weight is 592 g/mol. The van der Waals surface area contributed by atoms with Crippen molar-refractivity contribution in [1.82, 2.24) is 30.5 Å². The molecule has 43 heavy (non-hydrogen) atoms. The molecular formula is C29H27F2N7O5. The number of carbonyl (C=O) groups is 4. The minimum absolute atomic E-state index is 0.0259. The number of H-pyrrole nitrogens is 1. The van der Waals surface area contributed by atoms with Crippen LogP contribution in [0.4, 0.5) is 14.5 Å². The molecule has 0 spiro atoms. The van der Waals surface area contributed by atoms with E-state index in [0.717, 1.165) is 12.1 Å². The number of nitrogens with zero attached hydrogens (tertiary/aromatic N) is 3. The van der Waals surface area contributed by atoms with Crippen LogP contribution in [0, 0.1) is 11.6 Å². The van der Waals surface area contributed by atoms with E-state index < -0.39 is 53.9 Å². The molecule has 2 aromatic carbocycles. The zero-order chi connectivity index (χ0) is 30.3. The summed E-state index contributed by atoms with van der Waals surface area (Å²) in [5.41, 5.74) is 0.997. The van der Waals surface area contributed by atoms with Gasteiger partial charge in [0.2, 0.25) is 23.6 Å². The quantitative estimate of drug-likeness (QED) is 0.220. The topological polar surface area (TPSA) is 162 Å². The van der Waals surface area contributed by atoms with Gasteiger partial charge in [-0.1, -0.05) is 18.2 Å². The first-order valence-electron chi connectivity index (χ1n) is 13.4. The number of hydrogen-bond acceptors (Lipinski definition) is 7. The molecule has 1 aliphatic rings. The first kappa shape index (κ1) is 29.1. The molecule has 0 saturated carbocycles. The van der Waals surface area contributed by atoms with Crippen LogP contribution in [0.2, 0.25) is 0 Å². The van der Waals surface area contributed by atoms with E-state index in [4.69, 9.17) is 4.42 Å². The highest BCUT2D eigenvalue weighted by molar-refractivity contribution is 5.99. The summed E-state index contributed by atoms with van der Waals surface area (Å²) in [6, 6.07) is 9.71. The molecule has 2 atom stereocenters. The van der Waals surface area contributed by atoms with E-state index in [2.05, 4.69) is 30.9 Å². The maximum absolute atomic E-state index is 14.1. The van der Waals surface area contributed by atoms with Crippen molar-refractivity contribution >= 4 is 29.3 Å². The van der Waals surface area contributed by atoms with Crippen LogP contribution in [0.25, 0.3) is 11.5 Å². The molecule has 1 fully saturated rings. The third kappa shape index (κ3) is 7.09. The zero-order valence-corrected chi connectivity index (χ0v) is 22.7. The Morgan fingerprint density at radius 2 is 1.93 bits per heavy atom. The molecule has 222 valence electrons. The first-order valence-corrected chi connectivity index (χ1v) is 13.4. The Bertz CT molecular complexity index is 1610. The van der Waals surface area contributed by atoms with Crippen molar-refractivity contribution in [2.24, 2.45) is 0 Å². The summed E-state index contributed by atoms with van der Waals surface area (Å²) < 4.78 is 32.8. The fourth-order valence-corrected chi connectivity index (χ4v) is 4.68. The van der Waals surface area contributed by atoms with Gasteiger partial charge in [0.25, 0.3) is 5.91 Å². The highest BCUT2D eigenvalue weighted by atomic mass is 19.1. The third-order valence-corrected chi connectivity index (χ3v) is 6.80. The Balaban J connectivity index is 1.19. The van der Waals surface area contributed by atoms with Gasteiger partial charge in [-0.25, -0.2) is 18.7 Å². The van der Waals surface area contributed by atoms with Crippen molar-refractivity contribution in [2.75, 3.05) is 18.4 Å². The Hall–Kier alpha value is -5.40. The van der Waals surface area contributed by atoms with Gasteiger partial charge in [-0.2, -0.15) is 0 Å². The summed E-state index contributed by atoms with van der Waals surface area (Å²) in [4.78, 5) is 64.2. The summed E-state index contributed by atoms with van der Waals surface area (Å²) in [5.74, 6) is -4.01. The van der Waals surface area contributed by atoms with Gasteiger partial charge in [0.1, 0.15) is 30.0 Å². The summed E-state index contributed by atoms with van der Waals surface area (Å²) in [5, 5.41) is 7.37. The molecule has 0 bridgehead atoms. The maximum Gasteiger partial charge on any atom is 0.276 e. The van der Waals surface area contributed by atoms with Crippen LogP contribution >= 0.6 is 0 Å². The van der Waals surface area contributed by atoms with E-state index in [1.807, 2.05) is 18.2 Å². The van der Waals surface area contributed by atoms with Gasteiger partial charge >= 0.3 is 0 Å². The summed E-state index contributed by atoms with van der Waals surface area (Å²) in [7, 11) is 0. The lowest BCUT2D eigenvalue weighted by atomic mass is 10.1. The smallest absolute Gasteiger partial charge is 0.276 e. The largest absolute Gasteiger partial charge is 0.444 e. The first-order chi connectivity index (χ1) is 20.8. The predicted octanol–water partition coefficient (Wildman–Crippen LogP) is 2.43. The number of aromatic amines is 1. The SMILES string of the molecule is O=C(CNC(=O)[C@@H]1CCCN1C(=O)c1coc(-c2ccccc2)n1)N[C@@H](Cc1cnc[nH]1)C(=O)Nc1ccc(F)cc1F. The Morgan fingerprint density at radius 1 is 1.12 bits per heavy atom. The van der Waals surface area contributed by atoms with Gasteiger partial charge < -0.3 is 30.3 Å². The van der Waals surface area contributed by atoms with Crippen molar-refractivity contribution in [3.8, 4) is 11.5 Å². The number of rotatable bonds is 10. The molecule has 2 aromatic heterocycles. The molecule has 1 saturated heterocycles. The number of likely N-dealkylation sites (tertiary alicyclic amines) is 1. The monoisotopic (exact) mass is 591 g/mol. The number of hydrogen-bond donors (Lipinski definition) is 4. The van der Waals surface area contributed by atoms with Gasteiger partial charge in [0, 0.05) is 36.5 Å². The van der Waals surface area contributed by atoms with Gasteiger partial charge in [0.05, 0.1) is 18.6 Å². The van der Waals surface area contributed by atoms with E-state index in [-0.39, 0.29) is 23.7 Å². The van der Waals surface area contributed by atoms with Crippen molar-refractivity contribution < 1.29 is 32.4 Å². The maximum atomic E-state index is 14.1. The molecule has 12 nitrogen and oxygen atoms in total. The summed E-state index contributed by atoms with van der Waals surface area (Å²) in [6.07, 6.45) is 5.02. The van der Waals surface area contributed by atoms with Crippen molar-refractivity contribution in [2.45, 2.75) is 31.3 Å². The Kier molecular flexibility index (Phi) is 8.84. The molecule has 0 radical (unpaired) electrons. The lowest BCUT2D eigenvalue weighted by Gasteiger charge is -2.23. The van der Waals surface area contributed by atoms with E-state index in [9.17, 15) is 28.0 Å². The van der Waals surface area contributed by atoms with E-state index in [1.54, 1.807) is 12.1 Å². The number of aromatic nitrogens is 3. The van der Waals surface area contributed by atoms with Gasteiger partial charge in [0.15, 0.2) is 5.69 Å². The Labute approximate surface area is 243 Å². The molecule has 3 heterocycles. The second kappa shape index (κ2) is 13.1. The van der Waals surface area contributed by atoms with Crippen LogP contribution in [0.5, 0.6) is 0 Å². The second-order valence-corrected chi connectivity index (χ2v) is 9.79. The Morgan fingerprint density at radius 3 is 2.67 bits per heavy atom. The van der Waals surface area contributed by atoms with Crippen LogP contribution < -0.4 is 16.0 Å². The number of nitrogens with one attached hydrogen (secondary N) is 4. The fraction of sp³-hybridized carbons (Fsp3) is 0.241. The fourth-order valence-electron chi connectivity index (χ4n) is 4.68. The summed E-state index contributed by atoms with van der Waals surface area (Å²) >= 11 is 0. The van der Waals surface area contributed by atoms with Gasteiger partial charge in [-0.05, 0) is 37.1 Å². The number of amides is 4. The van der Waals surface area contributed by atoms with E-state index in [1.165, 1.54) is 23.7 Å². The van der Waals surface area contributed by atoms with Crippen molar-refractivity contribution in [1.29, 1.82) is 0 Å². The van der Waals surface area contributed by atoms with Crippen LogP contribution in [-0.2, 0) is 20.8 Å². The van der Waals surface area contributed by atoms with Gasteiger partial charge in [-0.3, -0.25) is 19.2 Å². The molecule has 5 rings (SSSR count). The van der Waals surface area contributed by atoms with Crippen molar-refractivity contribution in [3.63, 3.8) is 0 Å². The molecule has 14 heteroatoms. The second-order valence-electron chi connectivity index (χ2n) is 9.79. The predicted molar refractivity (Wildman–Crippen MR) is 148 cm³/mol. The van der Waals surface area contributed by atoms with Crippen LogP contribution in [0.15, 0.2) is 71.7 Å². The zero-order valence-electron chi connectivity index (χ0n) is 22.7. The lowest BCUT2D eigenvalue weighted by molar-refractivity contribution is -0.129. The van der Waals surface area contributed by atoms with Crippen LogP contribution in [0.1, 0.15) is 29.0 Å². The number of imidazole rings is 1. The average Bonchev–Trinajstić information content (AvgIpc) is 3.80. The molecule has 0 unspecified atom stereocenters. The van der Waals surface area contributed by atoms with Crippen molar-refractivity contribution in [3.05, 3.63) is 90.3 Å².